The Morgan fingerprint density at radius 2 is 2.16 bits per heavy atom. The minimum absolute atomic E-state index is 0.427. The molecule has 1 aromatic heterocycles. The van der Waals surface area contributed by atoms with Crippen molar-refractivity contribution in [3.63, 3.8) is 0 Å². The van der Waals surface area contributed by atoms with Crippen molar-refractivity contribution >= 4 is 39.8 Å². The van der Waals surface area contributed by atoms with Gasteiger partial charge >= 0.3 is 0 Å². The molecule has 3 rings (SSSR count). The fourth-order valence-corrected chi connectivity index (χ4v) is 3.32. The van der Waals surface area contributed by atoms with Crippen LogP contribution in [-0.4, -0.2) is 23.5 Å². The second kappa shape index (κ2) is 5.56. The number of rotatable bonds is 2. The Labute approximate surface area is 123 Å². The van der Waals surface area contributed by atoms with Crippen LogP contribution < -0.4 is 4.90 Å². The zero-order valence-corrected chi connectivity index (χ0v) is 12.2. The van der Waals surface area contributed by atoms with Crippen LogP contribution in [0.3, 0.4) is 0 Å². The molecule has 0 spiro atoms. The van der Waals surface area contributed by atoms with Gasteiger partial charge in [0.15, 0.2) is 0 Å². The van der Waals surface area contributed by atoms with E-state index in [1.807, 2.05) is 18.3 Å². The van der Waals surface area contributed by atoms with Gasteiger partial charge in [0.05, 0.1) is 5.52 Å². The zero-order valence-electron chi connectivity index (χ0n) is 10.6. The van der Waals surface area contributed by atoms with Gasteiger partial charge in [-0.05, 0) is 43.5 Å². The topological polar surface area (TPSA) is 16.1 Å². The molecule has 0 bridgehead atoms. The van der Waals surface area contributed by atoms with Gasteiger partial charge in [0.25, 0.3) is 0 Å². The lowest BCUT2D eigenvalue weighted by Crippen LogP contribution is -2.40. The second-order valence-corrected chi connectivity index (χ2v) is 5.73. The first-order valence-electron chi connectivity index (χ1n) is 6.66. The first kappa shape index (κ1) is 13.0. The van der Waals surface area contributed by atoms with Crippen molar-refractivity contribution in [2.75, 3.05) is 17.3 Å². The summed E-state index contributed by atoms with van der Waals surface area (Å²) in [5.74, 6) is 0.678. The van der Waals surface area contributed by atoms with Crippen molar-refractivity contribution in [1.82, 2.24) is 4.98 Å². The first-order valence-corrected chi connectivity index (χ1v) is 7.58. The van der Waals surface area contributed by atoms with Gasteiger partial charge in [-0.25, -0.2) is 0 Å². The van der Waals surface area contributed by atoms with Crippen molar-refractivity contribution in [2.24, 2.45) is 0 Å². The lowest BCUT2D eigenvalue weighted by atomic mass is 10.0. The summed E-state index contributed by atoms with van der Waals surface area (Å²) in [5, 5.41) is 1.88. The van der Waals surface area contributed by atoms with E-state index < -0.39 is 0 Å². The molecule has 0 radical (unpaired) electrons. The number of fused-ring (bicyclic) bond motifs is 1. The van der Waals surface area contributed by atoms with Gasteiger partial charge in [0.1, 0.15) is 0 Å². The molecule has 4 heteroatoms. The van der Waals surface area contributed by atoms with E-state index in [4.69, 9.17) is 23.2 Å². The predicted octanol–water partition coefficient (Wildman–Crippen LogP) is 4.49. The minimum atomic E-state index is 0.427. The summed E-state index contributed by atoms with van der Waals surface area (Å²) in [6, 6.07) is 8.41. The number of piperidine rings is 1. The molecule has 1 aliphatic heterocycles. The first-order chi connectivity index (χ1) is 9.29. The van der Waals surface area contributed by atoms with Gasteiger partial charge in [-0.15, -0.1) is 11.6 Å². The second-order valence-electron chi connectivity index (χ2n) is 4.99. The molecule has 19 heavy (non-hydrogen) atoms. The normalized spacial score (nSPS) is 19.9. The molecule has 1 unspecified atom stereocenters. The predicted molar refractivity (Wildman–Crippen MR) is 82.5 cm³/mol. The third-order valence-electron chi connectivity index (χ3n) is 3.80. The molecule has 0 amide bonds. The molecule has 1 saturated heterocycles. The number of anilines is 1. The lowest BCUT2D eigenvalue weighted by molar-refractivity contribution is 0.489. The fourth-order valence-electron chi connectivity index (χ4n) is 2.83. The van der Waals surface area contributed by atoms with Crippen LogP contribution in [0, 0.1) is 0 Å². The molecule has 100 valence electrons. The largest absolute Gasteiger partial charge is 0.367 e. The minimum Gasteiger partial charge on any atom is -0.367 e. The maximum Gasteiger partial charge on any atom is 0.0737 e. The summed E-state index contributed by atoms with van der Waals surface area (Å²) in [7, 11) is 0. The van der Waals surface area contributed by atoms with Crippen molar-refractivity contribution in [2.45, 2.75) is 25.3 Å². The number of pyridine rings is 1. The molecule has 1 atom stereocenters. The number of hydrogen-bond acceptors (Lipinski definition) is 2. The third kappa shape index (κ3) is 2.52. The van der Waals surface area contributed by atoms with Crippen LogP contribution in [0.4, 0.5) is 5.69 Å². The van der Waals surface area contributed by atoms with E-state index in [0.29, 0.717) is 11.9 Å². The van der Waals surface area contributed by atoms with E-state index in [1.54, 1.807) is 0 Å². The number of aromatic nitrogens is 1. The molecule has 0 N–H and O–H groups in total. The molecule has 0 saturated carbocycles. The number of hydrogen-bond donors (Lipinski definition) is 0. The van der Waals surface area contributed by atoms with Crippen LogP contribution in [0.1, 0.15) is 19.3 Å². The van der Waals surface area contributed by atoms with Crippen molar-refractivity contribution < 1.29 is 0 Å². The number of halogens is 2. The number of alkyl halides is 1. The average molecular weight is 295 g/mol. The van der Waals surface area contributed by atoms with E-state index in [1.165, 1.54) is 24.9 Å². The molecule has 2 aromatic rings. The molecular weight excluding hydrogens is 279 g/mol. The van der Waals surface area contributed by atoms with Gasteiger partial charge in [0.2, 0.25) is 0 Å². The summed E-state index contributed by atoms with van der Waals surface area (Å²) >= 11 is 12.2. The van der Waals surface area contributed by atoms with Crippen LogP contribution in [0.5, 0.6) is 0 Å². The smallest absolute Gasteiger partial charge is 0.0737 e. The Balaban J connectivity index is 2.08. The quantitative estimate of drug-likeness (QED) is 0.759. The SMILES string of the molecule is ClCC1CCCCN1c1ccnc2cc(Cl)ccc12. The third-order valence-corrected chi connectivity index (χ3v) is 4.39. The van der Waals surface area contributed by atoms with E-state index >= 15 is 0 Å². The molecular formula is C15H16Cl2N2. The molecule has 1 aromatic carbocycles. The summed E-state index contributed by atoms with van der Waals surface area (Å²) in [5.41, 5.74) is 2.18. The number of nitrogens with zero attached hydrogens (tertiary/aromatic N) is 2. The summed E-state index contributed by atoms with van der Waals surface area (Å²) in [6.45, 7) is 1.07. The van der Waals surface area contributed by atoms with Crippen LogP contribution in [0.2, 0.25) is 5.02 Å². The molecule has 1 aliphatic rings. The lowest BCUT2D eigenvalue weighted by Gasteiger charge is -2.37. The van der Waals surface area contributed by atoms with Crippen LogP contribution in [0.25, 0.3) is 10.9 Å². The molecule has 0 aliphatic carbocycles. The van der Waals surface area contributed by atoms with Crippen molar-refractivity contribution in [1.29, 1.82) is 0 Å². The zero-order chi connectivity index (χ0) is 13.2. The van der Waals surface area contributed by atoms with Crippen molar-refractivity contribution in [3.8, 4) is 0 Å². The molecule has 2 heterocycles. The standard InChI is InChI=1S/C15H16Cl2N2/c16-10-12-3-1-2-8-19(12)15-6-7-18-14-9-11(17)4-5-13(14)15/h4-7,9,12H,1-3,8,10H2. The maximum atomic E-state index is 6.12. The van der Waals surface area contributed by atoms with Gasteiger partial charge in [0, 0.05) is 40.8 Å². The Kier molecular flexibility index (Phi) is 3.81. The van der Waals surface area contributed by atoms with Crippen LogP contribution in [-0.2, 0) is 0 Å². The Morgan fingerprint density at radius 3 is 3.00 bits per heavy atom. The van der Waals surface area contributed by atoms with E-state index in [9.17, 15) is 0 Å². The van der Waals surface area contributed by atoms with Crippen molar-refractivity contribution in [3.05, 3.63) is 35.5 Å². The summed E-state index contributed by atoms with van der Waals surface area (Å²) < 4.78 is 0. The summed E-state index contributed by atoms with van der Waals surface area (Å²) in [6.07, 6.45) is 5.52. The fraction of sp³-hybridized carbons (Fsp3) is 0.400. The van der Waals surface area contributed by atoms with Gasteiger partial charge in [-0.1, -0.05) is 11.6 Å². The monoisotopic (exact) mass is 294 g/mol. The Bertz CT molecular complexity index is 585. The van der Waals surface area contributed by atoms with Gasteiger partial charge in [-0.2, -0.15) is 0 Å². The Morgan fingerprint density at radius 1 is 1.26 bits per heavy atom. The van der Waals surface area contributed by atoms with E-state index in [0.717, 1.165) is 22.5 Å². The van der Waals surface area contributed by atoms with E-state index in [-0.39, 0.29) is 0 Å². The van der Waals surface area contributed by atoms with Crippen LogP contribution >= 0.6 is 23.2 Å². The average Bonchev–Trinajstić information content (AvgIpc) is 2.46. The number of benzene rings is 1. The van der Waals surface area contributed by atoms with E-state index in [2.05, 4.69) is 22.0 Å². The highest BCUT2D eigenvalue weighted by molar-refractivity contribution is 6.31. The van der Waals surface area contributed by atoms with Gasteiger partial charge < -0.3 is 4.90 Å². The maximum absolute atomic E-state index is 6.12. The highest BCUT2D eigenvalue weighted by Gasteiger charge is 2.23. The van der Waals surface area contributed by atoms with Gasteiger partial charge in [-0.3, -0.25) is 4.98 Å². The molecule has 2 nitrogen and oxygen atoms in total. The highest BCUT2D eigenvalue weighted by atomic mass is 35.5. The summed E-state index contributed by atoms with van der Waals surface area (Å²) in [4.78, 5) is 6.83. The molecule has 1 fully saturated rings. The Hall–Kier alpha value is -0.990. The van der Waals surface area contributed by atoms with Crippen LogP contribution in [0.15, 0.2) is 30.5 Å². The highest BCUT2D eigenvalue weighted by Crippen LogP contribution is 2.32.